The number of para-hydroxylation sites is 1. The van der Waals surface area contributed by atoms with Crippen molar-refractivity contribution in [2.45, 2.75) is 17.3 Å². The number of Topliss-reactive ketones (excluding diaryl/α,β-unsaturated/α-hetero) is 1. The number of halogens is 3. The van der Waals surface area contributed by atoms with Crippen LogP contribution in [-0.4, -0.2) is 23.1 Å². The first-order chi connectivity index (χ1) is 15.9. The number of carbonyl (C=O) groups is 2. The maximum atomic E-state index is 13.1. The average Bonchev–Trinajstić information content (AvgIpc) is 3.15. The summed E-state index contributed by atoms with van der Waals surface area (Å²) in [4.78, 5) is 25.9. The maximum absolute atomic E-state index is 13.1. The molecule has 1 heterocycles. The number of ketones is 1. The van der Waals surface area contributed by atoms with Crippen LogP contribution in [0.2, 0.25) is 5.02 Å². The average molecular weight is 561 g/mol. The lowest BCUT2D eigenvalue weighted by atomic mass is 9.73. The van der Waals surface area contributed by atoms with Gasteiger partial charge in [-0.2, -0.15) is 0 Å². The predicted molar refractivity (Wildman–Crippen MR) is 136 cm³/mol. The van der Waals surface area contributed by atoms with E-state index in [1.807, 2.05) is 72.8 Å². The molecule has 33 heavy (non-hydrogen) atoms. The number of hydrogen-bond acceptors (Lipinski definition) is 4. The number of alkyl halides is 1. The van der Waals surface area contributed by atoms with Crippen molar-refractivity contribution < 1.29 is 14.3 Å². The van der Waals surface area contributed by atoms with Gasteiger partial charge < -0.3 is 10.1 Å². The molecule has 1 fully saturated rings. The number of nitrogens with one attached hydrogen (secondary N) is 1. The molecule has 0 spiro atoms. The quantitative estimate of drug-likeness (QED) is 0.263. The number of carbonyl (C=O) groups excluding carboxylic acids is 2. The van der Waals surface area contributed by atoms with Crippen LogP contribution in [-0.2, 0) is 4.79 Å². The van der Waals surface area contributed by atoms with E-state index in [1.54, 1.807) is 0 Å². The molecule has 1 aromatic heterocycles. The number of ether oxygens (including phenoxy) is 1. The van der Waals surface area contributed by atoms with Crippen LogP contribution < -0.4 is 10.1 Å². The van der Waals surface area contributed by atoms with Crippen molar-refractivity contribution in [1.82, 2.24) is 5.32 Å². The standard InChI is InChI=1S/C25H16BrCl2NO3S/c26-14-6-4-5-13(11-14)19-21(28)23(30)22(19)29-25(31)24-20(27)17-12-16(9-10-18(17)33-24)32-15-7-2-1-3-8-15/h1-12,19,21-22H,(H,29,31). The first-order valence-corrected chi connectivity index (χ1v) is 12.5. The second-order valence-corrected chi connectivity index (χ2v) is 10.5. The molecular weight excluding hydrogens is 545 g/mol. The van der Waals surface area contributed by atoms with Gasteiger partial charge in [-0.05, 0) is 48.0 Å². The SMILES string of the molecule is O=C(NC1C(=O)C(Cl)C1c1cccc(Br)c1)c1sc2ccc(Oc3ccccc3)cc2c1Cl. The molecular formula is C25H16BrCl2NO3S. The molecule has 1 amide bonds. The fourth-order valence-electron chi connectivity index (χ4n) is 3.90. The van der Waals surface area contributed by atoms with Crippen LogP contribution in [0.15, 0.2) is 77.3 Å². The van der Waals surface area contributed by atoms with Crippen molar-refractivity contribution in [3.8, 4) is 11.5 Å². The Bertz CT molecular complexity index is 1370. The Morgan fingerprint density at radius 1 is 1.00 bits per heavy atom. The summed E-state index contributed by atoms with van der Waals surface area (Å²) >= 11 is 17.6. The fourth-order valence-corrected chi connectivity index (χ4v) is 6.14. The van der Waals surface area contributed by atoms with Gasteiger partial charge >= 0.3 is 0 Å². The van der Waals surface area contributed by atoms with E-state index in [4.69, 9.17) is 27.9 Å². The molecule has 3 unspecified atom stereocenters. The van der Waals surface area contributed by atoms with E-state index in [1.165, 1.54) is 11.3 Å². The number of rotatable bonds is 5. The first kappa shape index (κ1) is 22.4. The van der Waals surface area contributed by atoms with Gasteiger partial charge in [-0.3, -0.25) is 9.59 Å². The summed E-state index contributed by atoms with van der Waals surface area (Å²) in [6.45, 7) is 0. The van der Waals surface area contributed by atoms with E-state index < -0.39 is 17.3 Å². The molecule has 3 atom stereocenters. The summed E-state index contributed by atoms with van der Waals surface area (Å²) in [5.74, 6) is 0.423. The molecule has 4 aromatic rings. The normalized spacial score (nSPS) is 19.8. The zero-order chi connectivity index (χ0) is 23.1. The number of amides is 1. The van der Waals surface area contributed by atoms with Crippen LogP contribution in [0.3, 0.4) is 0 Å². The zero-order valence-corrected chi connectivity index (χ0v) is 20.8. The van der Waals surface area contributed by atoms with Crippen molar-refractivity contribution in [3.05, 3.63) is 92.7 Å². The molecule has 0 aliphatic heterocycles. The molecule has 1 saturated carbocycles. The summed E-state index contributed by atoms with van der Waals surface area (Å²) < 4.78 is 7.62. The Morgan fingerprint density at radius 3 is 2.55 bits per heavy atom. The van der Waals surface area contributed by atoms with Gasteiger partial charge in [0.25, 0.3) is 5.91 Å². The topological polar surface area (TPSA) is 55.4 Å². The molecule has 166 valence electrons. The van der Waals surface area contributed by atoms with Crippen molar-refractivity contribution in [1.29, 1.82) is 0 Å². The highest BCUT2D eigenvalue weighted by molar-refractivity contribution is 9.10. The molecule has 3 aromatic carbocycles. The van der Waals surface area contributed by atoms with Gasteiger partial charge in [0.15, 0.2) is 5.78 Å². The Balaban J connectivity index is 1.39. The molecule has 4 nitrogen and oxygen atoms in total. The lowest BCUT2D eigenvalue weighted by Crippen LogP contribution is -2.60. The second-order valence-electron chi connectivity index (χ2n) is 7.65. The molecule has 1 N–H and O–H groups in total. The zero-order valence-electron chi connectivity index (χ0n) is 16.9. The van der Waals surface area contributed by atoms with Crippen LogP contribution in [0.5, 0.6) is 11.5 Å². The summed E-state index contributed by atoms with van der Waals surface area (Å²) in [6.07, 6.45) is 0. The highest BCUT2D eigenvalue weighted by atomic mass is 79.9. The fraction of sp³-hybridized carbons (Fsp3) is 0.120. The summed E-state index contributed by atoms with van der Waals surface area (Å²) in [7, 11) is 0. The van der Waals surface area contributed by atoms with Gasteiger partial charge in [0.05, 0.1) is 11.1 Å². The lowest BCUT2D eigenvalue weighted by Gasteiger charge is -2.40. The van der Waals surface area contributed by atoms with Gasteiger partial charge in [0.1, 0.15) is 21.8 Å². The Hall–Kier alpha value is -2.38. The van der Waals surface area contributed by atoms with Crippen molar-refractivity contribution in [2.24, 2.45) is 0 Å². The Kier molecular flexibility index (Phi) is 6.18. The van der Waals surface area contributed by atoms with Gasteiger partial charge in [0, 0.05) is 20.5 Å². The smallest absolute Gasteiger partial charge is 0.263 e. The van der Waals surface area contributed by atoms with E-state index in [0.717, 1.165) is 20.1 Å². The minimum Gasteiger partial charge on any atom is -0.457 e. The van der Waals surface area contributed by atoms with Crippen LogP contribution in [0.25, 0.3) is 10.1 Å². The number of thiophene rings is 1. The van der Waals surface area contributed by atoms with Crippen LogP contribution in [0.4, 0.5) is 0 Å². The molecule has 0 saturated heterocycles. The van der Waals surface area contributed by atoms with Gasteiger partial charge in [-0.25, -0.2) is 0 Å². The lowest BCUT2D eigenvalue weighted by molar-refractivity contribution is -0.127. The van der Waals surface area contributed by atoms with Crippen LogP contribution >= 0.6 is 50.5 Å². The molecule has 1 aliphatic carbocycles. The molecule has 8 heteroatoms. The largest absolute Gasteiger partial charge is 0.457 e. The summed E-state index contributed by atoms with van der Waals surface area (Å²) in [5, 5.41) is 3.22. The third-order valence-corrected chi connectivity index (χ3v) is 8.21. The molecule has 1 aliphatic rings. The third-order valence-electron chi connectivity index (χ3n) is 5.56. The second kappa shape index (κ2) is 9.11. The van der Waals surface area contributed by atoms with E-state index >= 15 is 0 Å². The highest BCUT2D eigenvalue weighted by Crippen LogP contribution is 2.41. The Labute approximate surface area is 212 Å². The van der Waals surface area contributed by atoms with Gasteiger partial charge in [-0.15, -0.1) is 22.9 Å². The summed E-state index contributed by atoms with van der Waals surface area (Å²) in [5.41, 5.74) is 0.888. The molecule has 0 radical (unpaired) electrons. The van der Waals surface area contributed by atoms with Crippen molar-refractivity contribution in [3.63, 3.8) is 0 Å². The summed E-state index contributed by atoms with van der Waals surface area (Å²) in [6, 6.07) is 21.8. The van der Waals surface area contributed by atoms with E-state index in [9.17, 15) is 9.59 Å². The van der Waals surface area contributed by atoms with E-state index in [2.05, 4.69) is 21.2 Å². The van der Waals surface area contributed by atoms with Crippen molar-refractivity contribution >= 4 is 72.2 Å². The number of hydrogen-bond donors (Lipinski definition) is 1. The third kappa shape index (κ3) is 4.28. The molecule has 0 bridgehead atoms. The van der Waals surface area contributed by atoms with E-state index in [-0.39, 0.29) is 11.7 Å². The van der Waals surface area contributed by atoms with Crippen molar-refractivity contribution in [2.75, 3.05) is 0 Å². The van der Waals surface area contributed by atoms with Crippen LogP contribution in [0, 0.1) is 0 Å². The highest BCUT2D eigenvalue weighted by Gasteiger charge is 2.50. The monoisotopic (exact) mass is 559 g/mol. The minimum atomic E-state index is -0.701. The van der Waals surface area contributed by atoms with E-state index in [0.29, 0.717) is 21.4 Å². The number of fused-ring (bicyclic) bond motifs is 1. The van der Waals surface area contributed by atoms with Crippen LogP contribution in [0.1, 0.15) is 21.2 Å². The Morgan fingerprint density at radius 2 is 1.79 bits per heavy atom. The van der Waals surface area contributed by atoms with Gasteiger partial charge in [-0.1, -0.05) is 57.9 Å². The van der Waals surface area contributed by atoms with Gasteiger partial charge in [0.2, 0.25) is 0 Å². The minimum absolute atomic E-state index is 0.203. The maximum Gasteiger partial charge on any atom is 0.263 e. The number of benzene rings is 3. The molecule has 5 rings (SSSR count). The first-order valence-electron chi connectivity index (χ1n) is 10.1. The predicted octanol–water partition coefficient (Wildman–Crippen LogP) is 7.18.